The highest BCUT2D eigenvalue weighted by atomic mass is 35.5. The molecule has 9 heteroatoms. The molecule has 1 N–H and O–H groups in total. The smallest absolute Gasteiger partial charge is 0.421 e. The number of ether oxygens (including phenoxy) is 1. The SMILES string of the molecule is CCOC(=O)NS(=O)(=O)c1ccc(Cl)c(Cl)c1Cl. The summed E-state index contributed by atoms with van der Waals surface area (Å²) in [5.41, 5.74) is 0. The van der Waals surface area contributed by atoms with Gasteiger partial charge in [0.05, 0.1) is 21.7 Å². The van der Waals surface area contributed by atoms with E-state index in [0.29, 0.717) is 0 Å². The number of carbonyl (C=O) groups is 1. The van der Waals surface area contributed by atoms with E-state index in [4.69, 9.17) is 34.8 Å². The molecule has 5 nitrogen and oxygen atoms in total. The van der Waals surface area contributed by atoms with Crippen LogP contribution in [0.2, 0.25) is 15.1 Å². The van der Waals surface area contributed by atoms with Gasteiger partial charge in [0.15, 0.2) is 0 Å². The first-order chi connectivity index (χ1) is 8.29. The van der Waals surface area contributed by atoms with Gasteiger partial charge in [-0.05, 0) is 19.1 Å². The molecule has 0 aliphatic rings. The van der Waals surface area contributed by atoms with Crippen LogP contribution < -0.4 is 4.72 Å². The van der Waals surface area contributed by atoms with E-state index in [0.717, 1.165) is 6.07 Å². The zero-order chi connectivity index (χ0) is 13.9. The fraction of sp³-hybridized carbons (Fsp3) is 0.222. The zero-order valence-corrected chi connectivity index (χ0v) is 12.1. The van der Waals surface area contributed by atoms with Gasteiger partial charge in [0, 0.05) is 0 Å². The van der Waals surface area contributed by atoms with Crippen molar-refractivity contribution in [1.82, 2.24) is 4.72 Å². The minimum absolute atomic E-state index is 0.0382. The largest absolute Gasteiger partial charge is 0.449 e. The third-order valence-electron chi connectivity index (χ3n) is 1.78. The van der Waals surface area contributed by atoms with Gasteiger partial charge >= 0.3 is 6.09 Å². The Balaban J connectivity index is 3.14. The van der Waals surface area contributed by atoms with E-state index in [2.05, 4.69) is 4.74 Å². The molecule has 18 heavy (non-hydrogen) atoms. The molecule has 0 atom stereocenters. The van der Waals surface area contributed by atoms with Gasteiger partial charge in [0.1, 0.15) is 4.90 Å². The highest BCUT2D eigenvalue weighted by Gasteiger charge is 2.23. The third kappa shape index (κ3) is 3.41. The maximum Gasteiger partial charge on any atom is 0.421 e. The van der Waals surface area contributed by atoms with E-state index in [-0.39, 0.29) is 26.6 Å². The Labute approximate surface area is 119 Å². The summed E-state index contributed by atoms with van der Waals surface area (Å²) in [5, 5.41) is -0.261. The summed E-state index contributed by atoms with van der Waals surface area (Å²) in [6.45, 7) is 1.58. The highest BCUT2D eigenvalue weighted by molar-refractivity contribution is 7.90. The standard InChI is InChI=1S/C9H8Cl3NO4S/c1-2-17-9(14)13-18(15,16)6-4-3-5(10)7(11)8(6)12/h3-4H,2H2,1H3,(H,13,14). The summed E-state index contributed by atoms with van der Waals surface area (Å²) in [4.78, 5) is 10.7. The van der Waals surface area contributed by atoms with Gasteiger partial charge in [0.25, 0.3) is 10.0 Å². The molecule has 0 aliphatic carbocycles. The molecule has 0 heterocycles. The lowest BCUT2D eigenvalue weighted by Crippen LogP contribution is -2.31. The average molecular weight is 333 g/mol. The van der Waals surface area contributed by atoms with Crippen LogP contribution in [0.4, 0.5) is 4.79 Å². The van der Waals surface area contributed by atoms with E-state index in [9.17, 15) is 13.2 Å². The van der Waals surface area contributed by atoms with Crippen LogP contribution in [0.3, 0.4) is 0 Å². The van der Waals surface area contributed by atoms with E-state index in [1.54, 1.807) is 11.6 Å². The summed E-state index contributed by atoms with van der Waals surface area (Å²) < 4.78 is 29.8. The number of benzene rings is 1. The normalized spacial score (nSPS) is 11.1. The molecule has 0 fully saturated rings. The third-order valence-corrected chi connectivity index (χ3v) is 4.54. The van der Waals surface area contributed by atoms with E-state index < -0.39 is 16.1 Å². The van der Waals surface area contributed by atoms with Gasteiger partial charge in [0.2, 0.25) is 0 Å². The molecule has 0 aliphatic heterocycles. The summed E-state index contributed by atoms with van der Waals surface area (Å²) in [6, 6.07) is 2.40. The minimum Gasteiger partial charge on any atom is -0.449 e. The monoisotopic (exact) mass is 331 g/mol. The Bertz CT molecular complexity index is 573. The Hall–Kier alpha value is -0.690. The lowest BCUT2D eigenvalue weighted by Gasteiger charge is -2.09. The molecule has 1 aromatic rings. The van der Waals surface area contributed by atoms with Gasteiger partial charge in [-0.15, -0.1) is 0 Å². The molecule has 1 rings (SSSR count). The average Bonchev–Trinajstić information content (AvgIpc) is 2.25. The topological polar surface area (TPSA) is 72.5 Å². The van der Waals surface area contributed by atoms with Crippen molar-refractivity contribution in [2.24, 2.45) is 0 Å². The molecular formula is C9H8Cl3NO4S. The predicted octanol–water partition coefficient (Wildman–Crippen LogP) is 3.08. The van der Waals surface area contributed by atoms with Gasteiger partial charge in [-0.25, -0.2) is 17.9 Å². The number of nitrogens with one attached hydrogen (secondary N) is 1. The second-order valence-electron chi connectivity index (χ2n) is 3.00. The molecule has 1 aromatic carbocycles. The molecule has 1 amide bonds. The Morgan fingerprint density at radius 1 is 1.28 bits per heavy atom. The van der Waals surface area contributed by atoms with E-state index >= 15 is 0 Å². The maximum atomic E-state index is 11.8. The first-order valence-electron chi connectivity index (χ1n) is 4.62. The maximum absolute atomic E-state index is 11.8. The molecule has 0 unspecified atom stereocenters. The van der Waals surface area contributed by atoms with Crippen LogP contribution in [0.25, 0.3) is 0 Å². The van der Waals surface area contributed by atoms with E-state index in [1.807, 2.05) is 0 Å². The van der Waals surface area contributed by atoms with Crippen LogP contribution in [0.5, 0.6) is 0 Å². The molecule has 0 radical (unpaired) electrons. The van der Waals surface area contributed by atoms with Crippen molar-refractivity contribution in [2.75, 3.05) is 6.61 Å². The minimum atomic E-state index is -4.15. The molecule has 0 aromatic heterocycles. The summed E-state index contributed by atoms with van der Waals surface area (Å²) >= 11 is 17.1. The first kappa shape index (κ1) is 15.4. The first-order valence-corrected chi connectivity index (χ1v) is 7.24. The lowest BCUT2D eigenvalue weighted by atomic mass is 10.4. The Morgan fingerprint density at radius 3 is 2.44 bits per heavy atom. The molecule has 0 saturated carbocycles. The molecule has 0 bridgehead atoms. The zero-order valence-electron chi connectivity index (χ0n) is 9.04. The van der Waals surface area contributed by atoms with Crippen molar-refractivity contribution in [3.63, 3.8) is 0 Å². The van der Waals surface area contributed by atoms with Crippen molar-refractivity contribution in [2.45, 2.75) is 11.8 Å². The van der Waals surface area contributed by atoms with Crippen molar-refractivity contribution < 1.29 is 17.9 Å². The van der Waals surface area contributed by atoms with Gasteiger partial charge in [-0.2, -0.15) is 0 Å². The van der Waals surface area contributed by atoms with Gasteiger partial charge in [-0.1, -0.05) is 34.8 Å². The van der Waals surface area contributed by atoms with Crippen LogP contribution in [0.15, 0.2) is 17.0 Å². The fourth-order valence-corrected chi connectivity index (χ4v) is 2.91. The number of hydrogen-bond acceptors (Lipinski definition) is 4. The quantitative estimate of drug-likeness (QED) is 0.863. The number of halogens is 3. The summed E-state index contributed by atoms with van der Waals surface area (Å²) in [5.74, 6) is 0. The molecule has 0 spiro atoms. The number of hydrogen-bond donors (Lipinski definition) is 1. The van der Waals surface area contributed by atoms with Gasteiger partial charge < -0.3 is 4.74 Å². The van der Waals surface area contributed by atoms with Crippen LogP contribution in [0.1, 0.15) is 6.92 Å². The lowest BCUT2D eigenvalue weighted by molar-refractivity contribution is 0.158. The summed E-state index contributed by atoms with van der Waals surface area (Å²) in [6.07, 6.45) is -1.10. The van der Waals surface area contributed by atoms with Gasteiger partial charge in [-0.3, -0.25) is 0 Å². The number of carbonyl (C=O) groups excluding carboxylic acids is 1. The van der Waals surface area contributed by atoms with Crippen LogP contribution in [-0.4, -0.2) is 21.1 Å². The Kier molecular flexibility index (Phi) is 5.10. The van der Waals surface area contributed by atoms with Crippen molar-refractivity contribution in [1.29, 1.82) is 0 Å². The number of amides is 1. The molecule has 0 saturated heterocycles. The second-order valence-corrected chi connectivity index (χ2v) is 5.81. The fourth-order valence-electron chi connectivity index (χ4n) is 1.04. The van der Waals surface area contributed by atoms with Crippen molar-refractivity contribution >= 4 is 50.9 Å². The Morgan fingerprint density at radius 2 is 1.89 bits per heavy atom. The predicted molar refractivity (Wildman–Crippen MR) is 68.8 cm³/mol. The summed E-state index contributed by atoms with van der Waals surface area (Å²) in [7, 11) is -4.15. The number of sulfonamides is 1. The van der Waals surface area contributed by atoms with Crippen molar-refractivity contribution in [3.8, 4) is 0 Å². The van der Waals surface area contributed by atoms with Crippen molar-refractivity contribution in [3.05, 3.63) is 27.2 Å². The van der Waals surface area contributed by atoms with E-state index in [1.165, 1.54) is 6.07 Å². The molecular weight excluding hydrogens is 325 g/mol. The number of rotatable bonds is 3. The van der Waals surface area contributed by atoms with Crippen LogP contribution in [-0.2, 0) is 14.8 Å². The molecule has 100 valence electrons. The highest BCUT2D eigenvalue weighted by Crippen LogP contribution is 2.34. The van der Waals surface area contributed by atoms with Crippen LogP contribution in [0, 0.1) is 0 Å². The van der Waals surface area contributed by atoms with Crippen LogP contribution >= 0.6 is 34.8 Å². The second kappa shape index (κ2) is 5.97.